The minimum Gasteiger partial charge on any atom is -0.465 e. The molecule has 1 heterocycles. The van der Waals surface area contributed by atoms with E-state index >= 15 is 0 Å². The van der Waals surface area contributed by atoms with Gasteiger partial charge in [-0.2, -0.15) is 0 Å². The zero-order chi connectivity index (χ0) is 32.6. The van der Waals surface area contributed by atoms with Crippen LogP contribution >= 0.6 is 11.6 Å². The number of rotatable bonds is 11. The van der Waals surface area contributed by atoms with Crippen LogP contribution in [-0.4, -0.2) is 62.1 Å². The molecule has 46 heavy (non-hydrogen) atoms. The summed E-state index contributed by atoms with van der Waals surface area (Å²) in [5, 5.41) is 31.3. The summed E-state index contributed by atoms with van der Waals surface area (Å²) in [6.45, 7) is 0.350. The summed E-state index contributed by atoms with van der Waals surface area (Å²) in [5.74, 6) is -0.859. The highest BCUT2D eigenvalue weighted by atomic mass is 35.5. The van der Waals surface area contributed by atoms with Gasteiger partial charge in [-0.3, -0.25) is 14.4 Å². The fourth-order valence-electron chi connectivity index (χ4n) is 5.58. The Kier molecular flexibility index (Phi) is 10.2. The SMILES string of the molecule is NC(=O)c1ccc(Cl)c(-c2cccc(C[C@H](NC(=O)[C@H]3CC[C@H](CNC(=O)O)CC3)C(=O)Nc3ccc(-c4nnn[nH]4)cc3)c2)c1. The number of benzene rings is 3. The molecule has 14 heteroatoms. The molecule has 1 aromatic heterocycles. The van der Waals surface area contributed by atoms with E-state index in [2.05, 4.69) is 36.6 Å². The number of halogens is 1. The number of H-pyrrole nitrogens is 1. The molecule has 1 atom stereocenters. The fraction of sp³-hybridized carbons (Fsp3) is 0.281. The number of nitrogens with one attached hydrogen (secondary N) is 4. The van der Waals surface area contributed by atoms with Gasteiger partial charge in [-0.1, -0.05) is 35.9 Å². The van der Waals surface area contributed by atoms with E-state index in [1.165, 1.54) is 0 Å². The Bertz CT molecular complexity index is 1710. The van der Waals surface area contributed by atoms with Crippen LogP contribution in [0, 0.1) is 11.8 Å². The summed E-state index contributed by atoms with van der Waals surface area (Å²) < 4.78 is 0. The van der Waals surface area contributed by atoms with Crippen LogP contribution in [0.4, 0.5) is 10.5 Å². The molecule has 0 spiro atoms. The Morgan fingerprint density at radius 2 is 1.74 bits per heavy atom. The van der Waals surface area contributed by atoms with Crippen molar-refractivity contribution in [3.8, 4) is 22.5 Å². The number of nitrogens with zero attached hydrogens (tertiary/aromatic N) is 3. The molecule has 0 radical (unpaired) electrons. The number of amides is 4. The average molecular weight is 645 g/mol. The monoisotopic (exact) mass is 644 g/mol. The van der Waals surface area contributed by atoms with Crippen LogP contribution in [0.3, 0.4) is 0 Å². The zero-order valence-electron chi connectivity index (χ0n) is 24.7. The number of primary amides is 1. The Labute approximate surface area is 269 Å². The predicted molar refractivity (Wildman–Crippen MR) is 171 cm³/mol. The minimum absolute atomic E-state index is 0.164. The van der Waals surface area contributed by atoms with E-state index < -0.39 is 23.9 Å². The second kappa shape index (κ2) is 14.7. The van der Waals surface area contributed by atoms with Crippen molar-refractivity contribution in [2.75, 3.05) is 11.9 Å². The van der Waals surface area contributed by atoms with Crippen molar-refractivity contribution >= 4 is 41.1 Å². The standard InChI is InChI=1S/C32H33ClN8O5/c33-26-13-10-23(28(34)42)16-25(26)22-3-1-2-19(14-22)15-27(37-30(43)21-6-4-18(5-7-21)17-35-32(45)46)31(44)36-24-11-8-20(9-12-24)29-38-40-41-39-29/h1-3,8-14,16,18,21,27,35H,4-7,15,17H2,(H2,34,42)(H,36,44)(H,37,43)(H,45,46)(H,38,39,40,41)/t18-,21-,27-/m0/s1. The van der Waals surface area contributed by atoms with E-state index in [1.807, 2.05) is 24.3 Å². The third-order valence-electron chi connectivity index (χ3n) is 8.09. The fourth-order valence-corrected chi connectivity index (χ4v) is 5.81. The van der Waals surface area contributed by atoms with Crippen molar-refractivity contribution in [3.05, 3.63) is 82.9 Å². The van der Waals surface area contributed by atoms with Crippen molar-refractivity contribution in [2.24, 2.45) is 17.6 Å². The third kappa shape index (κ3) is 8.24. The number of carbonyl (C=O) groups excluding carboxylic acids is 3. The maximum atomic E-state index is 13.7. The van der Waals surface area contributed by atoms with Crippen LogP contribution in [0.5, 0.6) is 0 Å². The van der Waals surface area contributed by atoms with Crippen molar-refractivity contribution in [1.82, 2.24) is 31.3 Å². The van der Waals surface area contributed by atoms with Gasteiger partial charge in [0.25, 0.3) is 0 Å². The van der Waals surface area contributed by atoms with E-state index in [1.54, 1.807) is 42.5 Å². The normalized spacial score (nSPS) is 16.6. The van der Waals surface area contributed by atoms with Gasteiger partial charge in [0.05, 0.1) is 0 Å². The number of carboxylic acid groups (broad SMARTS) is 1. The van der Waals surface area contributed by atoms with Crippen LogP contribution in [0.25, 0.3) is 22.5 Å². The van der Waals surface area contributed by atoms with E-state index in [-0.39, 0.29) is 24.2 Å². The molecule has 13 nitrogen and oxygen atoms in total. The van der Waals surface area contributed by atoms with Crippen molar-refractivity contribution in [2.45, 2.75) is 38.1 Å². The number of tetrazole rings is 1. The van der Waals surface area contributed by atoms with E-state index in [0.717, 1.165) is 16.7 Å². The third-order valence-corrected chi connectivity index (χ3v) is 8.42. The number of hydrogen-bond donors (Lipinski definition) is 6. The second-order valence-corrected chi connectivity index (χ2v) is 11.7. The van der Waals surface area contributed by atoms with Gasteiger partial charge in [-0.25, -0.2) is 9.89 Å². The highest BCUT2D eigenvalue weighted by Gasteiger charge is 2.30. The first-order valence-electron chi connectivity index (χ1n) is 14.8. The zero-order valence-corrected chi connectivity index (χ0v) is 25.5. The topological polar surface area (TPSA) is 205 Å². The molecule has 1 aliphatic rings. The lowest BCUT2D eigenvalue weighted by atomic mass is 9.81. The number of carbonyl (C=O) groups is 4. The molecule has 4 amide bonds. The van der Waals surface area contributed by atoms with Crippen molar-refractivity contribution in [3.63, 3.8) is 0 Å². The average Bonchev–Trinajstić information content (AvgIpc) is 3.59. The van der Waals surface area contributed by atoms with Gasteiger partial charge < -0.3 is 26.8 Å². The highest BCUT2D eigenvalue weighted by molar-refractivity contribution is 6.33. The van der Waals surface area contributed by atoms with Crippen LogP contribution in [0.1, 0.15) is 41.6 Å². The van der Waals surface area contributed by atoms with Gasteiger partial charge in [0.15, 0.2) is 5.82 Å². The molecule has 7 N–H and O–H groups in total. The number of aromatic nitrogens is 4. The number of nitrogens with two attached hydrogens (primary N) is 1. The molecule has 1 saturated carbocycles. The maximum absolute atomic E-state index is 13.7. The number of hydrogen-bond acceptors (Lipinski definition) is 7. The smallest absolute Gasteiger partial charge is 0.404 e. The van der Waals surface area contributed by atoms with Crippen molar-refractivity contribution in [1.29, 1.82) is 0 Å². The Morgan fingerprint density at radius 3 is 2.41 bits per heavy atom. The molecule has 1 fully saturated rings. The second-order valence-electron chi connectivity index (χ2n) is 11.2. The molecule has 4 aromatic rings. The van der Waals surface area contributed by atoms with Gasteiger partial charge in [-0.15, -0.1) is 5.10 Å². The summed E-state index contributed by atoms with van der Waals surface area (Å²) in [5.41, 5.74) is 9.14. The molecular formula is C32H33ClN8O5. The molecular weight excluding hydrogens is 612 g/mol. The van der Waals surface area contributed by atoms with Crippen LogP contribution < -0.4 is 21.7 Å². The molecule has 0 aliphatic heterocycles. The van der Waals surface area contributed by atoms with Gasteiger partial charge >= 0.3 is 6.09 Å². The first kappa shape index (κ1) is 32.1. The molecule has 5 rings (SSSR count). The molecule has 0 bridgehead atoms. The van der Waals surface area contributed by atoms with E-state index in [0.29, 0.717) is 59.9 Å². The lowest BCUT2D eigenvalue weighted by Gasteiger charge is -2.29. The van der Waals surface area contributed by atoms with Gasteiger partial charge in [0.1, 0.15) is 6.04 Å². The number of aromatic amines is 1. The Balaban J connectivity index is 1.33. The van der Waals surface area contributed by atoms with Gasteiger partial charge in [0, 0.05) is 46.3 Å². The summed E-state index contributed by atoms with van der Waals surface area (Å²) in [6, 6.07) is 18.2. The van der Waals surface area contributed by atoms with Gasteiger partial charge in [-0.05, 0) is 95.6 Å². The van der Waals surface area contributed by atoms with Crippen LogP contribution in [-0.2, 0) is 16.0 Å². The van der Waals surface area contributed by atoms with E-state index in [4.69, 9.17) is 22.4 Å². The summed E-state index contributed by atoms with van der Waals surface area (Å²) >= 11 is 6.46. The first-order chi connectivity index (χ1) is 22.2. The summed E-state index contributed by atoms with van der Waals surface area (Å²) in [7, 11) is 0. The quantitative estimate of drug-likeness (QED) is 0.140. The molecule has 1 aliphatic carbocycles. The number of anilines is 1. The lowest BCUT2D eigenvalue weighted by molar-refractivity contribution is -0.130. The van der Waals surface area contributed by atoms with Crippen LogP contribution in [0.2, 0.25) is 5.02 Å². The van der Waals surface area contributed by atoms with Crippen molar-refractivity contribution < 1.29 is 24.3 Å². The first-order valence-corrected chi connectivity index (χ1v) is 15.1. The minimum atomic E-state index is -1.06. The molecule has 3 aromatic carbocycles. The van der Waals surface area contributed by atoms with Gasteiger partial charge in [0.2, 0.25) is 17.7 Å². The molecule has 238 valence electrons. The Hall–Kier alpha value is -5.30. The Morgan fingerprint density at radius 1 is 0.978 bits per heavy atom. The van der Waals surface area contributed by atoms with Crippen LogP contribution in [0.15, 0.2) is 66.7 Å². The van der Waals surface area contributed by atoms with E-state index in [9.17, 15) is 19.2 Å². The predicted octanol–water partition coefficient (Wildman–Crippen LogP) is 4.03. The largest absolute Gasteiger partial charge is 0.465 e. The highest BCUT2D eigenvalue weighted by Crippen LogP contribution is 2.31. The summed E-state index contributed by atoms with van der Waals surface area (Å²) in [4.78, 5) is 49.8. The summed E-state index contributed by atoms with van der Waals surface area (Å²) in [6.07, 6.45) is 1.70. The maximum Gasteiger partial charge on any atom is 0.404 e. The lowest BCUT2D eigenvalue weighted by Crippen LogP contribution is -2.48. The molecule has 0 saturated heterocycles. The molecule has 0 unspecified atom stereocenters.